The highest BCUT2D eigenvalue weighted by atomic mass is 16.3. The van der Waals surface area contributed by atoms with E-state index >= 15 is 0 Å². The number of furan rings is 1. The normalized spacial score (nSPS) is 12.6. The number of para-hydroxylation sites is 1. The first-order valence-electron chi connectivity index (χ1n) is 24.5. The smallest absolute Gasteiger partial charge is 0.135 e. The van der Waals surface area contributed by atoms with Gasteiger partial charge in [0.15, 0.2) is 0 Å². The summed E-state index contributed by atoms with van der Waals surface area (Å²) in [5, 5.41) is 7.16. The largest absolute Gasteiger partial charge is 0.456 e. The second kappa shape index (κ2) is 16.5. The van der Waals surface area contributed by atoms with Crippen molar-refractivity contribution in [2.75, 3.05) is 4.90 Å². The second-order valence-electron chi connectivity index (χ2n) is 18.8. The van der Waals surface area contributed by atoms with Crippen molar-refractivity contribution in [1.82, 2.24) is 0 Å². The van der Waals surface area contributed by atoms with Crippen LogP contribution in [0.1, 0.15) is 22.3 Å². The summed E-state index contributed by atoms with van der Waals surface area (Å²) in [6, 6.07) is 100. The topological polar surface area (TPSA) is 16.4 Å². The first-order chi connectivity index (χ1) is 35.2. The van der Waals surface area contributed by atoms with Crippen LogP contribution in [-0.2, 0) is 5.41 Å². The molecule has 0 amide bonds. The Hall–Kier alpha value is -9.24. The molecule has 12 aromatic carbocycles. The summed E-state index contributed by atoms with van der Waals surface area (Å²) in [7, 11) is 0. The van der Waals surface area contributed by atoms with E-state index in [4.69, 9.17) is 4.42 Å². The van der Waals surface area contributed by atoms with Gasteiger partial charge < -0.3 is 9.32 Å². The van der Waals surface area contributed by atoms with E-state index in [2.05, 4.69) is 272 Å². The molecule has 1 heterocycles. The molecule has 14 rings (SSSR count). The third kappa shape index (κ3) is 6.57. The molecule has 0 aliphatic heterocycles. The fourth-order valence-corrected chi connectivity index (χ4v) is 11.7. The number of benzene rings is 12. The van der Waals surface area contributed by atoms with E-state index in [0.29, 0.717) is 0 Å². The fraction of sp³-hybridized carbons (Fsp3) is 0.0145. The van der Waals surface area contributed by atoms with Crippen LogP contribution in [0.4, 0.5) is 17.1 Å². The number of hydrogen-bond acceptors (Lipinski definition) is 2. The molecule has 0 fully saturated rings. The van der Waals surface area contributed by atoms with Crippen LogP contribution < -0.4 is 4.90 Å². The maximum atomic E-state index is 6.33. The third-order valence-corrected chi connectivity index (χ3v) is 14.9. The number of hydrogen-bond donors (Lipinski definition) is 0. The first-order valence-corrected chi connectivity index (χ1v) is 24.5. The van der Waals surface area contributed by atoms with Gasteiger partial charge >= 0.3 is 0 Å². The van der Waals surface area contributed by atoms with Crippen molar-refractivity contribution in [2.24, 2.45) is 0 Å². The van der Waals surface area contributed by atoms with Crippen molar-refractivity contribution in [3.63, 3.8) is 0 Å². The second-order valence-corrected chi connectivity index (χ2v) is 18.8. The molecule has 1 aliphatic carbocycles. The van der Waals surface area contributed by atoms with E-state index in [1.807, 2.05) is 6.07 Å². The molecule has 1 aliphatic rings. The molecule has 0 bridgehead atoms. The van der Waals surface area contributed by atoms with Crippen LogP contribution in [0.25, 0.3) is 88.0 Å². The van der Waals surface area contributed by atoms with Crippen LogP contribution in [0, 0.1) is 0 Å². The molecular formula is C69H45NO. The van der Waals surface area contributed by atoms with Crippen LogP contribution in [-0.4, -0.2) is 0 Å². The molecular weight excluding hydrogens is 859 g/mol. The standard InChI is InChI=1S/C69H45NO/c1-4-16-46(17-5-1)48-28-35-55(36-29-48)70(57-39-32-47-18-10-11-19-50(47)42-57)56-37-30-49(31-38-56)51-33-40-61-64(44-51)69(53-20-6-2-7-21-53,54-22-8-3-9-23-54)65-45-62(58-24-12-13-26-60(58)68(61)65)52-34-41-67-63(43-52)59-25-14-15-27-66(59)71-67/h1-45H. The van der Waals surface area contributed by atoms with Gasteiger partial charge in [0.1, 0.15) is 11.2 Å². The molecule has 71 heavy (non-hydrogen) atoms. The fourth-order valence-electron chi connectivity index (χ4n) is 11.7. The molecule has 2 heteroatoms. The van der Waals surface area contributed by atoms with Gasteiger partial charge in [0.25, 0.3) is 0 Å². The molecule has 0 spiro atoms. The lowest BCUT2D eigenvalue weighted by molar-refractivity contribution is 0.669. The van der Waals surface area contributed by atoms with Gasteiger partial charge in [-0.2, -0.15) is 0 Å². The first kappa shape index (κ1) is 40.8. The summed E-state index contributed by atoms with van der Waals surface area (Å²) in [4.78, 5) is 2.37. The molecule has 0 unspecified atom stereocenters. The minimum atomic E-state index is -0.618. The van der Waals surface area contributed by atoms with E-state index in [1.54, 1.807) is 0 Å². The van der Waals surface area contributed by atoms with Gasteiger partial charge in [-0.15, -0.1) is 0 Å². The van der Waals surface area contributed by atoms with Crippen LogP contribution in [0.2, 0.25) is 0 Å². The highest BCUT2D eigenvalue weighted by molar-refractivity contribution is 6.12. The summed E-state index contributed by atoms with van der Waals surface area (Å²) < 4.78 is 6.33. The molecule has 332 valence electrons. The van der Waals surface area contributed by atoms with Crippen LogP contribution >= 0.6 is 0 Å². The van der Waals surface area contributed by atoms with E-state index in [0.717, 1.165) is 44.6 Å². The zero-order chi connectivity index (χ0) is 46.9. The van der Waals surface area contributed by atoms with Crippen molar-refractivity contribution < 1.29 is 4.42 Å². The van der Waals surface area contributed by atoms with Crippen molar-refractivity contribution in [1.29, 1.82) is 0 Å². The number of fused-ring (bicyclic) bond motifs is 9. The highest BCUT2D eigenvalue weighted by Gasteiger charge is 2.47. The van der Waals surface area contributed by atoms with E-state index in [-0.39, 0.29) is 0 Å². The predicted molar refractivity (Wildman–Crippen MR) is 297 cm³/mol. The molecule has 2 nitrogen and oxygen atoms in total. The molecule has 0 radical (unpaired) electrons. The third-order valence-electron chi connectivity index (χ3n) is 14.9. The SMILES string of the molecule is c1ccc(-c2ccc(N(c3ccc(-c4ccc5c(c4)C(c4ccccc4)(c4ccccc4)c4cc(-c6ccc7oc8ccccc8c7c6)c6ccccc6c4-5)cc3)c3ccc4ccccc4c3)cc2)cc1. The number of rotatable bonds is 8. The lowest BCUT2D eigenvalue weighted by Gasteiger charge is -2.34. The van der Waals surface area contributed by atoms with Crippen LogP contribution in [0.3, 0.4) is 0 Å². The Morgan fingerprint density at radius 3 is 1.51 bits per heavy atom. The molecule has 0 saturated carbocycles. The number of anilines is 3. The summed E-state index contributed by atoms with van der Waals surface area (Å²) in [6.07, 6.45) is 0. The van der Waals surface area contributed by atoms with Crippen LogP contribution in [0.5, 0.6) is 0 Å². The Morgan fingerprint density at radius 2 is 0.803 bits per heavy atom. The maximum Gasteiger partial charge on any atom is 0.135 e. The summed E-state index contributed by atoms with van der Waals surface area (Å²) in [6.45, 7) is 0. The number of nitrogens with zero attached hydrogens (tertiary/aromatic N) is 1. The maximum absolute atomic E-state index is 6.33. The lowest BCUT2D eigenvalue weighted by atomic mass is 9.67. The van der Waals surface area contributed by atoms with Crippen LogP contribution in [0.15, 0.2) is 277 Å². The molecule has 0 saturated heterocycles. The summed E-state index contributed by atoms with van der Waals surface area (Å²) >= 11 is 0. The van der Waals surface area contributed by atoms with Gasteiger partial charge in [-0.25, -0.2) is 0 Å². The minimum absolute atomic E-state index is 0.618. The van der Waals surface area contributed by atoms with Crippen molar-refractivity contribution in [3.8, 4) is 44.5 Å². The predicted octanol–water partition coefficient (Wildman–Crippen LogP) is 18.7. The Balaban J connectivity index is 0.942. The monoisotopic (exact) mass is 903 g/mol. The van der Waals surface area contributed by atoms with E-state index in [9.17, 15) is 0 Å². The Morgan fingerprint density at radius 1 is 0.282 bits per heavy atom. The Labute approximate surface area is 413 Å². The van der Waals surface area contributed by atoms with Gasteiger partial charge in [0, 0.05) is 27.8 Å². The summed E-state index contributed by atoms with van der Waals surface area (Å²) in [5.74, 6) is 0. The Bertz CT molecular complexity index is 4100. The average Bonchev–Trinajstić information content (AvgIpc) is 3.98. The van der Waals surface area contributed by atoms with Gasteiger partial charge in [-0.05, 0) is 155 Å². The van der Waals surface area contributed by atoms with Crippen molar-refractivity contribution >= 4 is 60.5 Å². The minimum Gasteiger partial charge on any atom is -0.456 e. The Kier molecular flexibility index (Phi) is 9.47. The van der Waals surface area contributed by atoms with Gasteiger partial charge in [0.05, 0.1) is 5.41 Å². The molecule has 13 aromatic rings. The highest BCUT2D eigenvalue weighted by Crippen LogP contribution is 2.60. The summed E-state index contributed by atoms with van der Waals surface area (Å²) in [5.41, 5.74) is 19.2. The van der Waals surface area contributed by atoms with E-state index < -0.39 is 5.41 Å². The molecule has 0 N–H and O–H groups in total. The zero-order valence-corrected chi connectivity index (χ0v) is 38.8. The average molecular weight is 904 g/mol. The van der Waals surface area contributed by atoms with Gasteiger partial charge in [-0.3, -0.25) is 0 Å². The van der Waals surface area contributed by atoms with E-state index in [1.165, 1.54) is 82.7 Å². The zero-order valence-electron chi connectivity index (χ0n) is 38.8. The molecule has 1 aromatic heterocycles. The van der Waals surface area contributed by atoms with Gasteiger partial charge in [0.2, 0.25) is 0 Å². The van der Waals surface area contributed by atoms with Crippen molar-refractivity contribution in [2.45, 2.75) is 5.41 Å². The quantitative estimate of drug-likeness (QED) is 0.151. The molecule has 0 atom stereocenters. The van der Waals surface area contributed by atoms with Crippen molar-refractivity contribution in [3.05, 3.63) is 295 Å². The lowest BCUT2D eigenvalue weighted by Crippen LogP contribution is -2.28. The van der Waals surface area contributed by atoms with Gasteiger partial charge in [-0.1, -0.05) is 206 Å².